The van der Waals surface area contributed by atoms with Crippen molar-refractivity contribution in [2.75, 3.05) is 25.4 Å². The quantitative estimate of drug-likeness (QED) is 0.818. The Hall–Kier alpha value is 0.270. The van der Waals surface area contributed by atoms with Gasteiger partial charge in [0.2, 0.25) is 0 Å². The first-order valence-electron chi connectivity index (χ1n) is 6.88. The molecule has 0 aromatic carbocycles. The lowest BCUT2D eigenvalue weighted by molar-refractivity contribution is 0.149. The molecule has 16 heavy (non-hydrogen) atoms. The van der Waals surface area contributed by atoms with E-state index in [2.05, 4.69) is 35.8 Å². The molecule has 2 aliphatic rings. The molecule has 0 spiro atoms. The van der Waals surface area contributed by atoms with Crippen LogP contribution in [0.15, 0.2) is 0 Å². The maximum absolute atomic E-state index is 3.59. The molecule has 0 aromatic heterocycles. The summed E-state index contributed by atoms with van der Waals surface area (Å²) in [6, 6.07) is 1.69. The van der Waals surface area contributed by atoms with Crippen LogP contribution in [-0.4, -0.2) is 47.6 Å². The van der Waals surface area contributed by atoms with Crippen molar-refractivity contribution >= 4 is 11.8 Å². The van der Waals surface area contributed by atoms with Crippen LogP contribution in [0.5, 0.6) is 0 Å². The molecule has 1 aliphatic carbocycles. The average molecular weight is 242 g/mol. The van der Waals surface area contributed by atoms with Gasteiger partial charge in [0.25, 0.3) is 0 Å². The highest BCUT2D eigenvalue weighted by atomic mass is 32.2. The summed E-state index contributed by atoms with van der Waals surface area (Å²) in [5, 5.41) is 4.44. The van der Waals surface area contributed by atoms with E-state index in [0.717, 1.165) is 23.9 Å². The van der Waals surface area contributed by atoms with Crippen molar-refractivity contribution in [1.82, 2.24) is 10.2 Å². The molecule has 0 aromatic rings. The Morgan fingerprint density at radius 2 is 2.00 bits per heavy atom. The molecule has 1 atom stereocenters. The third-order valence-electron chi connectivity index (χ3n) is 3.98. The molecule has 1 saturated heterocycles. The summed E-state index contributed by atoms with van der Waals surface area (Å²) < 4.78 is 0. The van der Waals surface area contributed by atoms with Gasteiger partial charge in [0.1, 0.15) is 0 Å². The van der Waals surface area contributed by atoms with Gasteiger partial charge >= 0.3 is 0 Å². The summed E-state index contributed by atoms with van der Waals surface area (Å²) >= 11 is 2.14. The van der Waals surface area contributed by atoms with Gasteiger partial charge in [0, 0.05) is 36.2 Å². The zero-order valence-corrected chi connectivity index (χ0v) is 11.6. The van der Waals surface area contributed by atoms with Gasteiger partial charge in [-0.3, -0.25) is 4.90 Å². The van der Waals surface area contributed by atoms with Crippen molar-refractivity contribution in [3.05, 3.63) is 0 Å². The van der Waals surface area contributed by atoms with Crippen molar-refractivity contribution in [3.8, 4) is 0 Å². The molecule has 1 unspecified atom stereocenters. The van der Waals surface area contributed by atoms with Gasteiger partial charge in [-0.25, -0.2) is 0 Å². The van der Waals surface area contributed by atoms with Crippen molar-refractivity contribution in [2.45, 2.75) is 56.9 Å². The van der Waals surface area contributed by atoms with Gasteiger partial charge in [0.05, 0.1) is 0 Å². The van der Waals surface area contributed by atoms with E-state index < -0.39 is 0 Å². The molecule has 0 amide bonds. The Morgan fingerprint density at radius 3 is 2.62 bits per heavy atom. The van der Waals surface area contributed by atoms with Gasteiger partial charge < -0.3 is 5.32 Å². The van der Waals surface area contributed by atoms with Crippen LogP contribution in [0.4, 0.5) is 0 Å². The van der Waals surface area contributed by atoms with E-state index in [9.17, 15) is 0 Å². The van der Waals surface area contributed by atoms with E-state index in [0.29, 0.717) is 0 Å². The molecule has 1 aliphatic heterocycles. The Balaban J connectivity index is 1.75. The lowest BCUT2D eigenvalue weighted by Gasteiger charge is -2.40. The molecule has 2 rings (SSSR count). The van der Waals surface area contributed by atoms with Gasteiger partial charge in [-0.2, -0.15) is 11.8 Å². The first-order valence-corrected chi connectivity index (χ1v) is 7.93. The number of thioether (sulfide) groups is 1. The molecule has 2 nitrogen and oxygen atoms in total. The minimum absolute atomic E-state index is 0.804. The summed E-state index contributed by atoms with van der Waals surface area (Å²) in [4.78, 5) is 2.75. The standard InChI is InChI=1S/C13H26N2S/c1-3-14-12-4-6-13(7-5-12)15-8-9-16-11(2)10-15/h11-14H,3-10H2,1-2H3. The molecule has 1 heterocycles. The molecule has 2 fully saturated rings. The third kappa shape index (κ3) is 3.38. The summed E-state index contributed by atoms with van der Waals surface area (Å²) in [7, 11) is 0. The number of hydrogen-bond acceptors (Lipinski definition) is 3. The topological polar surface area (TPSA) is 15.3 Å². The Kier molecular flexibility index (Phi) is 4.98. The van der Waals surface area contributed by atoms with E-state index in [1.807, 2.05) is 0 Å². The van der Waals surface area contributed by atoms with Crippen LogP contribution >= 0.6 is 11.8 Å². The molecule has 0 bridgehead atoms. The lowest BCUT2D eigenvalue weighted by Crippen LogP contribution is -2.47. The van der Waals surface area contributed by atoms with Crippen LogP contribution in [0.3, 0.4) is 0 Å². The van der Waals surface area contributed by atoms with E-state index in [4.69, 9.17) is 0 Å². The zero-order valence-electron chi connectivity index (χ0n) is 10.7. The molecule has 3 heteroatoms. The predicted octanol–water partition coefficient (Wildman–Crippen LogP) is 2.34. The fourth-order valence-corrected chi connectivity index (χ4v) is 4.15. The minimum atomic E-state index is 0.804. The average Bonchev–Trinajstić information content (AvgIpc) is 2.30. The molecule has 94 valence electrons. The maximum atomic E-state index is 3.59. The van der Waals surface area contributed by atoms with E-state index in [1.165, 1.54) is 44.5 Å². The number of hydrogen-bond donors (Lipinski definition) is 1. The number of nitrogens with zero attached hydrogens (tertiary/aromatic N) is 1. The molecular formula is C13H26N2S. The van der Waals surface area contributed by atoms with Crippen LogP contribution in [0.2, 0.25) is 0 Å². The summed E-state index contributed by atoms with van der Waals surface area (Å²) in [6.45, 7) is 8.37. The monoisotopic (exact) mass is 242 g/mol. The predicted molar refractivity (Wildman–Crippen MR) is 73.2 cm³/mol. The van der Waals surface area contributed by atoms with E-state index in [-0.39, 0.29) is 0 Å². The second-order valence-corrected chi connectivity index (χ2v) is 6.79. The van der Waals surface area contributed by atoms with Crippen molar-refractivity contribution in [1.29, 1.82) is 0 Å². The molecule has 1 N–H and O–H groups in total. The number of rotatable bonds is 3. The van der Waals surface area contributed by atoms with Crippen LogP contribution in [0.1, 0.15) is 39.5 Å². The van der Waals surface area contributed by atoms with Gasteiger partial charge in [-0.15, -0.1) is 0 Å². The SMILES string of the molecule is CCNC1CCC(N2CCSC(C)C2)CC1. The Bertz CT molecular complexity index is 202. The fraction of sp³-hybridized carbons (Fsp3) is 1.00. The van der Waals surface area contributed by atoms with Crippen molar-refractivity contribution < 1.29 is 0 Å². The zero-order chi connectivity index (χ0) is 11.4. The highest BCUT2D eigenvalue weighted by molar-refractivity contribution is 7.99. The molecular weight excluding hydrogens is 216 g/mol. The van der Waals surface area contributed by atoms with Crippen LogP contribution < -0.4 is 5.32 Å². The Morgan fingerprint density at radius 1 is 1.25 bits per heavy atom. The smallest absolute Gasteiger partial charge is 0.0147 e. The summed E-state index contributed by atoms with van der Waals surface area (Å²) in [5.74, 6) is 1.34. The first kappa shape index (κ1) is 12.7. The van der Waals surface area contributed by atoms with E-state index in [1.54, 1.807) is 0 Å². The maximum Gasteiger partial charge on any atom is 0.0147 e. The fourth-order valence-electron chi connectivity index (χ4n) is 3.11. The van der Waals surface area contributed by atoms with Crippen LogP contribution in [-0.2, 0) is 0 Å². The highest BCUT2D eigenvalue weighted by Gasteiger charge is 2.28. The Labute approximate surface area is 105 Å². The normalized spacial score (nSPS) is 37.5. The molecule has 1 saturated carbocycles. The van der Waals surface area contributed by atoms with Crippen LogP contribution in [0.25, 0.3) is 0 Å². The van der Waals surface area contributed by atoms with Crippen molar-refractivity contribution in [2.24, 2.45) is 0 Å². The minimum Gasteiger partial charge on any atom is -0.314 e. The van der Waals surface area contributed by atoms with Crippen molar-refractivity contribution in [3.63, 3.8) is 0 Å². The first-order chi connectivity index (χ1) is 7.79. The molecule has 0 radical (unpaired) electrons. The summed E-state index contributed by atoms with van der Waals surface area (Å²) in [6.07, 6.45) is 5.59. The second-order valence-electron chi connectivity index (χ2n) is 5.24. The van der Waals surface area contributed by atoms with Crippen LogP contribution in [0, 0.1) is 0 Å². The van der Waals surface area contributed by atoms with Gasteiger partial charge in [-0.1, -0.05) is 13.8 Å². The summed E-state index contributed by atoms with van der Waals surface area (Å²) in [5.41, 5.74) is 0. The second kappa shape index (κ2) is 6.27. The van der Waals surface area contributed by atoms with Gasteiger partial charge in [-0.05, 0) is 32.2 Å². The highest BCUT2D eigenvalue weighted by Crippen LogP contribution is 2.27. The van der Waals surface area contributed by atoms with E-state index >= 15 is 0 Å². The van der Waals surface area contributed by atoms with Gasteiger partial charge in [0.15, 0.2) is 0 Å². The largest absolute Gasteiger partial charge is 0.314 e. The lowest BCUT2D eigenvalue weighted by atomic mass is 9.90. The third-order valence-corrected chi connectivity index (χ3v) is 5.11. The number of nitrogens with one attached hydrogen (secondary N) is 1.